The number of alkyl halides is 1. The fourth-order valence-electron chi connectivity index (χ4n) is 3.61. The average Bonchev–Trinajstić information content (AvgIpc) is 2.65. The van der Waals surface area contributed by atoms with E-state index in [1.165, 1.54) is 0 Å². The molecular weight excluding hydrogens is 388 g/mol. The molecule has 25 heavy (non-hydrogen) atoms. The van der Waals surface area contributed by atoms with Crippen molar-refractivity contribution in [2.45, 2.75) is 29.6 Å². The molecule has 2 rings (SSSR count). The topological polar surface area (TPSA) is 54.0 Å². The van der Waals surface area contributed by atoms with Crippen LogP contribution < -0.4 is 0 Å². The molecule has 1 aliphatic rings. The van der Waals surface area contributed by atoms with Crippen molar-refractivity contribution < 1.29 is 23.7 Å². The number of hydrogen-bond acceptors (Lipinski definition) is 5. The molecule has 0 fully saturated rings. The Labute approximate surface area is 157 Å². The van der Waals surface area contributed by atoms with E-state index in [9.17, 15) is 4.79 Å². The van der Waals surface area contributed by atoms with Gasteiger partial charge in [0.05, 0.1) is 18.6 Å². The van der Waals surface area contributed by atoms with Gasteiger partial charge in [0.1, 0.15) is 11.4 Å². The molecule has 0 bridgehead atoms. The van der Waals surface area contributed by atoms with E-state index in [4.69, 9.17) is 18.9 Å². The largest absolute Gasteiger partial charge is 0.497 e. The van der Waals surface area contributed by atoms with Gasteiger partial charge in [0.25, 0.3) is 0 Å². The molecule has 0 saturated carbocycles. The van der Waals surface area contributed by atoms with E-state index in [0.717, 1.165) is 0 Å². The first-order valence-electron chi connectivity index (χ1n) is 7.95. The Morgan fingerprint density at radius 3 is 2.04 bits per heavy atom. The smallest absolute Gasteiger partial charge is 0.208 e. The Morgan fingerprint density at radius 1 is 1.00 bits per heavy atom. The second-order valence-corrected chi connectivity index (χ2v) is 7.49. The highest BCUT2D eigenvalue weighted by molar-refractivity contribution is 9.10. The molecule has 0 aromatic heterocycles. The van der Waals surface area contributed by atoms with Crippen LogP contribution in [0.2, 0.25) is 0 Å². The van der Waals surface area contributed by atoms with Crippen molar-refractivity contribution in [3.63, 3.8) is 0 Å². The molecule has 0 saturated heterocycles. The first-order valence-corrected chi connectivity index (χ1v) is 8.74. The van der Waals surface area contributed by atoms with E-state index in [1.807, 2.05) is 32.0 Å². The Hall–Kier alpha value is -1.21. The second-order valence-electron chi connectivity index (χ2n) is 6.37. The molecule has 138 valence electrons. The Kier molecular flexibility index (Phi) is 5.78. The molecule has 0 N–H and O–H groups in total. The summed E-state index contributed by atoms with van der Waals surface area (Å²) in [6, 6.07) is 9.10. The van der Waals surface area contributed by atoms with Crippen molar-refractivity contribution in [2.75, 3.05) is 28.4 Å². The lowest BCUT2D eigenvalue weighted by molar-refractivity contribution is -0.187. The molecule has 4 atom stereocenters. The third-order valence-electron chi connectivity index (χ3n) is 5.18. The summed E-state index contributed by atoms with van der Waals surface area (Å²) in [5.41, 5.74) is -1.46. The van der Waals surface area contributed by atoms with Gasteiger partial charge in [-0.1, -0.05) is 30.3 Å². The van der Waals surface area contributed by atoms with Crippen LogP contribution in [0, 0.1) is 5.92 Å². The molecule has 1 aromatic carbocycles. The zero-order valence-corrected chi connectivity index (χ0v) is 17.0. The number of methoxy groups -OCH3 is 4. The zero-order chi connectivity index (χ0) is 18.9. The number of benzene rings is 1. The molecular formula is C19H25BrO5. The third-order valence-corrected chi connectivity index (χ3v) is 6.68. The fraction of sp³-hybridized carbons (Fsp3) is 0.526. The van der Waals surface area contributed by atoms with Crippen molar-refractivity contribution in [2.24, 2.45) is 5.92 Å². The summed E-state index contributed by atoms with van der Waals surface area (Å²) >= 11 is 3.62. The van der Waals surface area contributed by atoms with Gasteiger partial charge >= 0.3 is 0 Å². The number of ketones is 1. The lowest BCUT2D eigenvalue weighted by atomic mass is 9.65. The number of ether oxygens (including phenoxy) is 4. The van der Waals surface area contributed by atoms with Gasteiger partial charge < -0.3 is 18.9 Å². The van der Waals surface area contributed by atoms with Crippen LogP contribution in [-0.2, 0) is 18.9 Å². The van der Waals surface area contributed by atoms with Crippen molar-refractivity contribution in [3.8, 4) is 0 Å². The number of carbonyl (C=O) groups excluding carboxylic acids is 1. The molecule has 0 aliphatic heterocycles. The normalized spacial score (nSPS) is 35.2. The molecule has 5 nitrogen and oxygen atoms in total. The number of hydrogen-bond donors (Lipinski definition) is 0. The Morgan fingerprint density at radius 2 is 1.60 bits per heavy atom. The SMILES string of the molecule is COC1=CC(C)(OC)C(C(=O)c2ccccc2)C(C)(OC)C1(Br)OC. The number of Topliss-reactive ketones (excluding diaryl/α,β-unsaturated/α-hetero) is 1. The minimum atomic E-state index is -1.14. The molecule has 0 spiro atoms. The number of rotatable bonds is 6. The van der Waals surface area contributed by atoms with Crippen LogP contribution in [-0.4, -0.2) is 49.9 Å². The molecule has 0 heterocycles. The quantitative estimate of drug-likeness (QED) is 0.527. The predicted molar refractivity (Wildman–Crippen MR) is 98.8 cm³/mol. The van der Waals surface area contributed by atoms with Gasteiger partial charge in [-0.3, -0.25) is 4.79 Å². The van der Waals surface area contributed by atoms with Gasteiger partial charge in [0, 0.05) is 26.9 Å². The molecule has 0 amide bonds. The van der Waals surface area contributed by atoms with Crippen LogP contribution >= 0.6 is 15.9 Å². The van der Waals surface area contributed by atoms with Crippen LogP contribution in [0.3, 0.4) is 0 Å². The zero-order valence-electron chi connectivity index (χ0n) is 15.5. The number of halogens is 1. The maximum Gasteiger partial charge on any atom is 0.208 e. The van der Waals surface area contributed by atoms with Crippen LogP contribution in [0.5, 0.6) is 0 Å². The van der Waals surface area contributed by atoms with Crippen LogP contribution in [0.15, 0.2) is 42.2 Å². The van der Waals surface area contributed by atoms with Crippen LogP contribution in [0.1, 0.15) is 24.2 Å². The summed E-state index contributed by atoms with van der Waals surface area (Å²) in [6.07, 6.45) is 1.78. The van der Waals surface area contributed by atoms with Crippen molar-refractivity contribution in [3.05, 3.63) is 47.7 Å². The van der Waals surface area contributed by atoms with E-state index in [0.29, 0.717) is 11.3 Å². The van der Waals surface area contributed by atoms with E-state index in [1.54, 1.807) is 46.6 Å². The molecule has 0 radical (unpaired) electrons. The average molecular weight is 413 g/mol. The summed E-state index contributed by atoms with van der Waals surface area (Å²) in [7, 11) is 6.21. The van der Waals surface area contributed by atoms with Crippen molar-refractivity contribution >= 4 is 21.7 Å². The van der Waals surface area contributed by atoms with E-state index < -0.39 is 21.6 Å². The van der Waals surface area contributed by atoms with Gasteiger partial charge in [-0.2, -0.15) is 0 Å². The Balaban J connectivity index is 2.73. The maximum atomic E-state index is 13.4. The first kappa shape index (κ1) is 20.1. The monoisotopic (exact) mass is 412 g/mol. The van der Waals surface area contributed by atoms with E-state index >= 15 is 0 Å². The second kappa shape index (κ2) is 7.19. The fourth-order valence-corrected chi connectivity index (χ4v) is 4.28. The molecule has 1 aliphatic carbocycles. The van der Waals surface area contributed by atoms with Crippen molar-refractivity contribution in [1.82, 2.24) is 0 Å². The first-order chi connectivity index (χ1) is 11.7. The van der Waals surface area contributed by atoms with Gasteiger partial charge in [0.2, 0.25) is 4.51 Å². The minimum absolute atomic E-state index is 0.0958. The Bertz CT molecular complexity index is 661. The summed E-state index contributed by atoms with van der Waals surface area (Å²) < 4.78 is 21.8. The van der Waals surface area contributed by atoms with Gasteiger partial charge in [-0.25, -0.2) is 0 Å². The van der Waals surface area contributed by atoms with Gasteiger partial charge in [-0.15, -0.1) is 0 Å². The highest BCUT2D eigenvalue weighted by atomic mass is 79.9. The standard InChI is InChI=1S/C19H25BrO5/c1-17(23-4)12-14(22-3)19(20,25-6)18(2,24-5)16(17)15(21)13-10-8-7-9-11-13/h7-12,16H,1-6H3. The molecule has 6 heteroatoms. The predicted octanol–water partition coefficient (Wildman–Crippen LogP) is 3.58. The van der Waals surface area contributed by atoms with Crippen LogP contribution in [0.25, 0.3) is 0 Å². The lowest BCUT2D eigenvalue weighted by Gasteiger charge is -2.54. The van der Waals surface area contributed by atoms with E-state index in [-0.39, 0.29) is 5.78 Å². The summed E-state index contributed by atoms with van der Waals surface area (Å²) in [6.45, 7) is 3.66. The summed E-state index contributed by atoms with van der Waals surface area (Å²) in [4.78, 5) is 13.4. The molecule has 4 unspecified atom stereocenters. The lowest BCUT2D eigenvalue weighted by Crippen LogP contribution is -2.67. The van der Waals surface area contributed by atoms with Gasteiger partial charge in [0.15, 0.2) is 5.78 Å². The van der Waals surface area contributed by atoms with E-state index in [2.05, 4.69) is 15.9 Å². The van der Waals surface area contributed by atoms with Gasteiger partial charge in [-0.05, 0) is 35.9 Å². The number of carbonyl (C=O) groups is 1. The summed E-state index contributed by atoms with van der Waals surface area (Å²) in [5, 5.41) is 0. The maximum absolute atomic E-state index is 13.4. The van der Waals surface area contributed by atoms with Crippen LogP contribution in [0.4, 0.5) is 0 Å². The molecule has 1 aromatic rings. The third kappa shape index (κ3) is 2.95. The highest BCUT2D eigenvalue weighted by Crippen LogP contribution is 2.54. The van der Waals surface area contributed by atoms with Crippen molar-refractivity contribution in [1.29, 1.82) is 0 Å². The summed E-state index contributed by atoms with van der Waals surface area (Å²) in [5.74, 6) is -0.294. The minimum Gasteiger partial charge on any atom is -0.497 e. The highest BCUT2D eigenvalue weighted by Gasteiger charge is 2.66.